The number of carbonyl (C=O) groups is 1. The third-order valence-electron chi connectivity index (χ3n) is 3.05. The van der Waals surface area contributed by atoms with Crippen molar-refractivity contribution in [1.82, 2.24) is 15.0 Å². The second-order valence-electron chi connectivity index (χ2n) is 4.99. The second kappa shape index (κ2) is 12.4. The van der Waals surface area contributed by atoms with Gasteiger partial charge in [-0.2, -0.15) is 4.98 Å². The van der Waals surface area contributed by atoms with E-state index in [9.17, 15) is 9.59 Å². The number of hydrogen-bond donors (Lipinski definition) is 2. The van der Waals surface area contributed by atoms with Gasteiger partial charge >= 0.3 is 10.8 Å². The van der Waals surface area contributed by atoms with Crippen LogP contribution in [0, 0.1) is 0 Å². The minimum atomic E-state index is -0.223. The van der Waals surface area contributed by atoms with Gasteiger partial charge in [0.25, 0.3) is 0 Å². The summed E-state index contributed by atoms with van der Waals surface area (Å²) in [4.78, 5) is 31.3. The van der Waals surface area contributed by atoms with Gasteiger partial charge in [0.1, 0.15) is 6.10 Å². The van der Waals surface area contributed by atoms with Crippen LogP contribution < -0.4 is 10.6 Å². The molecule has 8 nitrogen and oxygen atoms in total. The van der Waals surface area contributed by atoms with E-state index in [1.807, 2.05) is 41.5 Å². The van der Waals surface area contributed by atoms with Crippen LogP contribution in [0.25, 0.3) is 10.3 Å². The molecule has 148 valence electrons. The van der Waals surface area contributed by atoms with E-state index < -0.39 is 0 Å². The molecule has 3 atom stereocenters. The van der Waals surface area contributed by atoms with E-state index in [0.717, 1.165) is 22.5 Å². The van der Waals surface area contributed by atoms with E-state index in [1.54, 1.807) is 0 Å². The molecule has 1 aliphatic rings. The molecule has 0 radical (unpaired) electrons. The number of nitrogens with zero attached hydrogens (tertiary/aromatic N) is 2. The van der Waals surface area contributed by atoms with Gasteiger partial charge in [-0.15, -0.1) is 0 Å². The zero-order chi connectivity index (χ0) is 20.3. The normalized spacial score (nSPS) is 20.7. The Kier molecular flexibility index (Phi) is 11.4. The Morgan fingerprint density at radius 2 is 1.96 bits per heavy atom. The number of H-pyrrole nitrogens is 1. The number of nitrogens with two attached hydrogens (primary N) is 1. The lowest BCUT2D eigenvalue weighted by Gasteiger charge is -2.12. The SMILES string of the molecule is CC.CC.CC(=O)O[C@@H]1C[C@@H](C)O[C@H]1C.Nc1ncc2sc(=O)[nH]c2n1. The van der Waals surface area contributed by atoms with Gasteiger partial charge < -0.3 is 15.2 Å². The summed E-state index contributed by atoms with van der Waals surface area (Å²) in [5.74, 6) is -0.0499. The molecule has 0 aromatic carbocycles. The molecule has 0 unspecified atom stereocenters. The number of fused-ring (bicyclic) bond motifs is 1. The second-order valence-corrected chi connectivity index (χ2v) is 6.01. The molecule has 0 amide bonds. The first-order valence-electron chi connectivity index (χ1n) is 8.79. The number of esters is 1. The number of nitrogen functional groups attached to an aromatic ring is 1. The van der Waals surface area contributed by atoms with E-state index in [1.165, 1.54) is 13.1 Å². The molecule has 1 saturated heterocycles. The molecule has 3 heterocycles. The van der Waals surface area contributed by atoms with E-state index in [0.29, 0.717) is 5.65 Å². The number of rotatable bonds is 1. The van der Waals surface area contributed by atoms with Crippen molar-refractivity contribution in [3.8, 4) is 0 Å². The molecular formula is C17H30N4O4S. The van der Waals surface area contributed by atoms with Gasteiger partial charge in [0.2, 0.25) is 5.95 Å². The first-order valence-corrected chi connectivity index (χ1v) is 9.61. The number of aromatic nitrogens is 3. The Morgan fingerprint density at radius 1 is 1.35 bits per heavy atom. The van der Waals surface area contributed by atoms with E-state index in [4.69, 9.17) is 15.2 Å². The van der Waals surface area contributed by atoms with Gasteiger partial charge in [-0.3, -0.25) is 14.6 Å². The number of thiazole rings is 1. The van der Waals surface area contributed by atoms with Crippen LogP contribution in [0.5, 0.6) is 0 Å². The number of anilines is 1. The summed E-state index contributed by atoms with van der Waals surface area (Å²) in [6.45, 7) is 13.3. The monoisotopic (exact) mass is 386 g/mol. The topological polar surface area (TPSA) is 120 Å². The lowest BCUT2D eigenvalue weighted by Crippen LogP contribution is -2.23. The molecule has 1 aliphatic heterocycles. The van der Waals surface area contributed by atoms with Gasteiger partial charge in [0, 0.05) is 13.3 Å². The lowest BCUT2D eigenvalue weighted by atomic mass is 10.2. The van der Waals surface area contributed by atoms with E-state index in [-0.39, 0.29) is 35.1 Å². The van der Waals surface area contributed by atoms with Crippen molar-refractivity contribution in [3.05, 3.63) is 15.9 Å². The standard InChI is InChI=1S/C8H14O3.C5H4N4OS.2C2H6/c1-5-4-8(6(2)10-5)11-7(3)9;6-4-7-1-2-3(8-4)9-5(10)11-2;2*1-2/h5-6,8H,4H2,1-3H3;1H,(H3,6,7,8,9,10);2*1-2H3/t5-,6+,8-;;;/m1.../s1. The van der Waals surface area contributed by atoms with Crippen molar-refractivity contribution in [2.24, 2.45) is 0 Å². The summed E-state index contributed by atoms with van der Waals surface area (Å²) >= 11 is 1.07. The molecule has 0 spiro atoms. The summed E-state index contributed by atoms with van der Waals surface area (Å²) in [6, 6.07) is 0. The maximum atomic E-state index is 10.8. The van der Waals surface area contributed by atoms with Gasteiger partial charge in [-0.1, -0.05) is 39.0 Å². The fraction of sp³-hybridized carbons (Fsp3) is 0.647. The molecule has 0 bridgehead atoms. The van der Waals surface area contributed by atoms with Crippen LogP contribution >= 0.6 is 11.3 Å². The third kappa shape index (κ3) is 7.92. The Labute approximate surface area is 158 Å². The van der Waals surface area contributed by atoms with Gasteiger partial charge in [-0.25, -0.2) is 4.98 Å². The van der Waals surface area contributed by atoms with Crippen molar-refractivity contribution in [2.45, 2.75) is 73.2 Å². The maximum Gasteiger partial charge on any atom is 0.306 e. The van der Waals surface area contributed by atoms with Gasteiger partial charge in [0.15, 0.2) is 5.65 Å². The molecule has 2 aromatic heterocycles. The van der Waals surface area contributed by atoms with Crippen molar-refractivity contribution in [1.29, 1.82) is 0 Å². The van der Waals surface area contributed by atoms with Crippen molar-refractivity contribution >= 4 is 33.6 Å². The minimum Gasteiger partial charge on any atom is -0.460 e. The van der Waals surface area contributed by atoms with Crippen LogP contribution in [0.3, 0.4) is 0 Å². The molecular weight excluding hydrogens is 356 g/mol. The van der Waals surface area contributed by atoms with Crippen LogP contribution in [0.4, 0.5) is 5.95 Å². The molecule has 0 saturated carbocycles. The Morgan fingerprint density at radius 3 is 2.46 bits per heavy atom. The highest BCUT2D eigenvalue weighted by Crippen LogP contribution is 2.22. The molecule has 9 heteroatoms. The molecule has 2 aromatic rings. The summed E-state index contributed by atoms with van der Waals surface area (Å²) in [7, 11) is 0. The number of aromatic amines is 1. The fourth-order valence-electron chi connectivity index (χ4n) is 2.16. The van der Waals surface area contributed by atoms with E-state index >= 15 is 0 Å². The highest BCUT2D eigenvalue weighted by Gasteiger charge is 2.31. The largest absolute Gasteiger partial charge is 0.460 e. The highest BCUT2D eigenvalue weighted by atomic mass is 32.1. The number of carbonyl (C=O) groups excluding carboxylic acids is 1. The van der Waals surface area contributed by atoms with Crippen LogP contribution in [0.2, 0.25) is 0 Å². The average Bonchev–Trinajstić information content (AvgIpc) is 3.11. The first-order chi connectivity index (χ1) is 12.3. The molecule has 1 fully saturated rings. The lowest BCUT2D eigenvalue weighted by molar-refractivity contribution is -0.148. The predicted octanol–water partition coefficient (Wildman–Crippen LogP) is 3.13. The summed E-state index contributed by atoms with van der Waals surface area (Å²) in [5, 5.41) is 0. The highest BCUT2D eigenvalue weighted by molar-refractivity contribution is 7.16. The van der Waals surface area contributed by atoms with Crippen LogP contribution in [-0.4, -0.2) is 39.2 Å². The Bertz CT molecular complexity index is 716. The van der Waals surface area contributed by atoms with Crippen molar-refractivity contribution < 1.29 is 14.3 Å². The zero-order valence-electron chi connectivity index (χ0n) is 16.5. The van der Waals surface area contributed by atoms with Crippen LogP contribution in [-0.2, 0) is 14.3 Å². The average molecular weight is 387 g/mol. The summed E-state index contributed by atoms with van der Waals surface area (Å²) in [5.41, 5.74) is 5.80. The zero-order valence-corrected chi connectivity index (χ0v) is 17.3. The predicted molar refractivity (Wildman–Crippen MR) is 105 cm³/mol. The molecule has 3 rings (SSSR count). The Hall–Kier alpha value is -2.00. The van der Waals surface area contributed by atoms with E-state index in [2.05, 4.69) is 15.0 Å². The van der Waals surface area contributed by atoms with Gasteiger partial charge in [-0.05, 0) is 13.8 Å². The van der Waals surface area contributed by atoms with Crippen LogP contribution in [0.1, 0.15) is 54.9 Å². The maximum absolute atomic E-state index is 10.8. The minimum absolute atomic E-state index is 0.0394. The smallest absolute Gasteiger partial charge is 0.306 e. The quantitative estimate of drug-likeness (QED) is 0.722. The molecule has 0 aliphatic carbocycles. The summed E-state index contributed by atoms with van der Waals surface area (Å²) in [6.07, 6.45) is 2.58. The number of hydrogen-bond acceptors (Lipinski definition) is 8. The summed E-state index contributed by atoms with van der Waals surface area (Å²) < 4.78 is 11.2. The van der Waals surface area contributed by atoms with Crippen molar-refractivity contribution in [2.75, 3.05) is 5.73 Å². The molecule has 26 heavy (non-hydrogen) atoms. The number of ether oxygens (including phenoxy) is 2. The Balaban J connectivity index is 0.000000404. The van der Waals surface area contributed by atoms with Gasteiger partial charge in [0.05, 0.1) is 23.1 Å². The van der Waals surface area contributed by atoms with Crippen LogP contribution in [0.15, 0.2) is 11.0 Å². The first kappa shape index (κ1) is 24.0. The fourth-order valence-corrected chi connectivity index (χ4v) is 2.80. The number of nitrogens with one attached hydrogen (secondary N) is 1. The van der Waals surface area contributed by atoms with Crippen molar-refractivity contribution in [3.63, 3.8) is 0 Å². The molecule has 3 N–H and O–H groups in total. The third-order valence-corrected chi connectivity index (χ3v) is 3.86.